The van der Waals surface area contributed by atoms with E-state index in [0.717, 1.165) is 23.3 Å². The van der Waals surface area contributed by atoms with Crippen molar-refractivity contribution in [3.05, 3.63) is 59.6 Å². The van der Waals surface area contributed by atoms with Crippen molar-refractivity contribution >= 4 is 22.6 Å². The molecule has 7 heteroatoms. The van der Waals surface area contributed by atoms with E-state index in [4.69, 9.17) is 0 Å². The van der Waals surface area contributed by atoms with Crippen LogP contribution in [0.2, 0.25) is 0 Å². The van der Waals surface area contributed by atoms with Crippen molar-refractivity contribution in [3.63, 3.8) is 0 Å². The largest absolute Gasteiger partial charge is 0.416 e. The molecule has 136 valence electrons. The standard InChI is InChI=1S/C19H17F4N3/c1-11(10-24-12(2)20)13-3-5-14(6-4-13)18-25-16-8-7-15(19(21,22)23)9-17(16)26-18/h3,5-10,13H,4H2,1-2H3,(H,25,26). The number of allylic oxidation sites excluding steroid dienone is 5. The Labute approximate surface area is 147 Å². The van der Waals surface area contributed by atoms with E-state index in [1.807, 2.05) is 25.2 Å². The van der Waals surface area contributed by atoms with Crippen LogP contribution >= 0.6 is 0 Å². The van der Waals surface area contributed by atoms with Gasteiger partial charge >= 0.3 is 6.18 Å². The number of alkyl halides is 3. The first-order chi connectivity index (χ1) is 12.2. The van der Waals surface area contributed by atoms with E-state index in [0.29, 0.717) is 23.3 Å². The summed E-state index contributed by atoms with van der Waals surface area (Å²) in [6.45, 7) is 3.16. The molecule has 1 heterocycles. The van der Waals surface area contributed by atoms with E-state index in [2.05, 4.69) is 15.0 Å². The van der Waals surface area contributed by atoms with Gasteiger partial charge in [0.2, 0.25) is 0 Å². The smallest absolute Gasteiger partial charge is 0.338 e. The molecule has 0 radical (unpaired) electrons. The highest BCUT2D eigenvalue weighted by Crippen LogP contribution is 2.32. The minimum absolute atomic E-state index is 0.100. The van der Waals surface area contributed by atoms with Gasteiger partial charge in [-0.2, -0.15) is 17.6 Å². The molecule has 3 nitrogen and oxygen atoms in total. The monoisotopic (exact) mass is 363 g/mol. The van der Waals surface area contributed by atoms with Crippen molar-refractivity contribution in [2.45, 2.75) is 26.4 Å². The summed E-state index contributed by atoms with van der Waals surface area (Å²) >= 11 is 0. The average Bonchev–Trinajstić information content (AvgIpc) is 3.02. The zero-order valence-electron chi connectivity index (χ0n) is 14.2. The molecule has 0 saturated heterocycles. The van der Waals surface area contributed by atoms with Gasteiger partial charge in [-0.05, 0) is 37.1 Å². The number of aromatic nitrogens is 2. The maximum Gasteiger partial charge on any atom is 0.416 e. The molecular weight excluding hydrogens is 346 g/mol. The summed E-state index contributed by atoms with van der Waals surface area (Å²) in [4.78, 5) is 11.0. The first-order valence-corrected chi connectivity index (χ1v) is 8.06. The van der Waals surface area contributed by atoms with Crippen molar-refractivity contribution in [3.8, 4) is 0 Å². The number of halogens is 4. The fourth-order valence-electron chi connectivity index (χ4n) is 2.74. The van der Waals surface area contributed by atoms with E-state index in [9.17, 15) is 17.6 Å². The lowest BCUT2D eigenvalue weighted by Crippen LogP contribution is -2.04. The molecule has 3 rings (SSSR count). The SMILES string of the molecule is CC(=CN=C(C)F)C1C=CC(c2nc3ccc(C(F)(F)F)cc3[nH]2)=CC1. The summed E-state index contributed by atoms with van der Waals surface area (Å²) in [5.74, 6) is 0.122. The van der Waals surface area contributed by atoms with Crippen LogP contribution in [0.5, 0.6) is 0 Å². The summed E-state index contributed by atoms with van der Waals surface area (Å²) in [6, 6.07) is 3.44. The van der Waals surface area contributed by atoms with Gasteiger partial charge in [0.1, 0.15) is 5.82 Å². The fourth-order valence-corrected chi connectivity index (χ4v) is 2.74. The molecule has 1 unspecified atom stereocenters. The molecule has 1 aliphatic carbocycles. The second-order valence-electron chi connectivity index (χ2n) is 6.18. The van der Waals surface area contributed by atoms with Crippen LogP contribution in [0.25, 0.3) is 16.6 Å². The van der Waals surface area contributed by atoms with Crippen LogP contribution < -0.4 is 0 Å². The van der Waals surface area contributed by atoms with Gasteiger partial charge in [0.15, 0.2) is 5.97 Å². The summed E-state index contributed by atoms with van der Waals surface area (Å²) in [6.07, 6.45) is 3.57. The molecular formula is C19H17F4N3. The van der Waals surface area contributed by atoms with Gasteiger partial charge in [-0.15, -0.1) is 0 Å². The number of nitrogens with zero attached hydrogens (tertiary/aromatic N) is 2. The van der Waals surface area contributed by atoms with Crippen molar-refractivity contribution in [1.82, 2.24) is 9.97 Å². The number of H-pyrrole nitrogens is 1. The van der Waals surface area contributed by atoms with Crippen LogP contribution in [0.1, 0.15) is 31.7 Å². The van der Waals surface area contributed by atoms with Crippen molar-refractivity contribution in [2.24, 2.45) is 10.9 Å². The molecule has 0 aliphatic heterocycles. The second-order valence-corrected chi connectivity index (χ2v) is 6.18. The molecule has 0 amide bonds. The quantitative estimate of drug-likeness (QED) is 0.541. The third-order valence-electron chi connectivity index (χ3n) is 4.21. The van der Waals surface area contributed by atoms with Gasteiger partial charge in [0.25, 0.3) is 0 Å². The zero-order chi connectivity index (χ0) is 18.9. The average molecular weight is 363 g/mol. The maximum absolute atomic E-state index is 12.8. The number of rotatable bonds is 3. The van der Waals surface area contributed by atoms with Crippen LogP contribution in [-0.4, -0.2) is 15.9 Å². The second kappa shape index (κ2) is 6.90. The van der Waals surface area contributed by atoms with E-state index in [1.165, 1.54) is 19.2 Å². The number of fused-ring (bicyclic) bond motifs is 1. The van der Waals surface area contributed by atoms with E-state index < -0.39 is 17.7 Å². The Hall–Kier alpha value is -2.70. The van der Waals surface area contributed by atoms with Crippen LogP contribution in [0.15, 0.2) is 53.2 Å². The molecule has 1 N–H and O–H groups in total. The van der Waals surface area contributed by atoms with Gasteiger partial charge < -0.3 is 4.98 Å². The minimum Gasteiger partial charge on any atom is -0.338 e. The molecule has 0 bridgehead atoms. The molecule has 1 aromatic carbocycles. The predicted octanol–water partition coefficient (Wildman–Crippen LogP) is 5.83. The van der Waals surface area contributed by atoms with E-state index >= 15 is 0 Å². The molecule has 0 spiro atoms. The maximum atomic E-state index is 12.8. The third kappa shape index (κ3) is 3.92. The van der Waals surface area contributed by atoms with Gasteiger partial charge in [-0.1, -0.05) is 18.2 Å². The number of imidazole rings is 1. The number of nitrogens with one attached hydrogen (secondary N) is 1. The van der Waals surface area contributed by atoms with Crippen molar-refractivity contribution in [2.75, 3.05) is 0 Å². The summed E-state index contributed by atoms with van der Waals surface area (Å²) in [5.41, 5.74) is 1.85. The zero-order valence-corrected chi connectivity index (χ0v) is 14.2. The highest BCUT2D eigenvalue weighted by Gasteiger charge is 2.30. The Morgan fingerprint density at radius 1 is 1.31 bits per heavy atom. The first kappa shape index (κ1) is 18.1. The van der Waals surface area contributed by atoms with Gasteiger partial charge in [0.05, 0.1) is 16.6 Å². The summed E-state index contributed by atoms with van der Waals surface area (Å²) < 4.78 is 51.1. The summed E-state index contributed by atoms with van der Waals surface area (Å²) in [7, 11) is 0. The third-order valence-corrected chi connectivity index (χ3v) is 4.21. The molecule has 1 aliphatic rings. The topological polar surface area (TPSA) is 41.0 Å². The number of aliphatic imine (C=N–C) groups is 1. The normalized spacial score (nSPS) is 19.2. The lowest BCUT2D eigenvalue weighted by Gasteiger charge is -2.15. The highest BCUT2D eigenvalue weighted by molar-refractivity contribution is 5.82. The van der Waals surface area contributed by atoms with Crippen LogP contribution in [0.3, 0.4) is 0 Å². The minimum atomic E-state index is -4.39. The Morgan fingerprint density at radius 2 is 2.08 bits per heavy atom. The van der Waals surface area contributed by atoms with E-state index in [-0.39, 0.29) is 5.92 Å². The first-order valence-electron chi connectivity index (χ1n) is 8.06. The molecule has 2 aromatic rings. The number of hydrogen-bond acceptors (Lipinski definition) is 2. The predicted molar refractivity (Wildman–Crippen MR) is 94.3 cm³/mol. The Morgan fingerprint density at radius 3 is 2.69 bits per heavy atom. The number of benzene rings is 1. The molecule has 1 aromatic heterocycles. The van der Waals surface area contributed by atoms with Crippen molar-refractivity contribution < 1.29 is 17.6 Å². The lowest BCUT2D eigenvalue weighted by molar-refractivity contribution is -0.137. The summed E-state index contributed by atoms with van der Waals surface area (Å²) in [5, 5.41) is 0. The molecule has 1 atom stereocenters. The van der Waals surface area contributed by atoms with Crippen molar-refractivity contribution in [1.29, 1.82) is 0 Å². The van der Waals surface area contributed by atoms with Crippen LogP contribution in [-0.2, 0) is 6.18 Å². The number of aromatic amines is 1. The van der Waals surface area contributed by atoms with Gasteiger partial charge in [-0.25, -0.2) is 9.98 Å². The Kier molecular flexibility index (Phi) is 4.80. The molecule has 0 saturated carbocycles. The van der Waals surface area contributed by atoms with Crippen LogP contribution in [0, 0.1) is 5.92 Å². The molecule has 26 heavy (non-hydrogen) atoms. The highest BCUT2D eigenvalue weighted by atomic mass is 19.4. The Bertz CT molecular complexity index is 941. The van der Waals surface area contributed by atoms with Gasteiger partial charge in [0, 0.05) is 24.6 Å². The fraction of sp³-hybridized carbons (Fsp3) is 0.263. The number of hydrogen-bond donors (Lipinski definition) is 1. The van der Waals surface area contributed by atoms with E-state index in [1.54, 1.807) is 0 Å². The molecule has 0 fully saturated rings. The van der Waals surface area contributed by atoms with Crippen LogP contribution in [0.4, 0.5) is 17.6 Å². The lowest BCUT2D eigenvalue weighted by atomic mass is 9.91. The van der Waals surface area contributed by atoms with Gasteiger partial charge in [-0.3, -0.25) is 0 Å². The Balaban J connectivity index is 1.82.